The van der Waals surface area contributed by atoms with Crippen LogP contribution in [0.5, 0.6) is 11.5 Å². The van der Waals surface area contributed by atoms with E-state index in [2.05, 4.69) is 22.6 Å². The molecule has 1 saturated heterocycles. The number of benzene rings is 3. The Morgan fingerprint density at radius 1 is 1.15 bits per heavy atom. The molecule has 1 aliphatic rings. The van der Waals surface area contributed by atoms with Gasteiger partial charge in [0.15, 0.2) is 15.8 Å². The van der Waals surface area contributed by atoms with Crippen molar-refractivity contribution in [2.75, 3.05) is 12.0 Å². The third kappa shape index (κ3) is 5.52. The molecule has 3 aromatic carbocycles. The van der Waals surface area contributed by atoms with Crippen LogP contribution in [-0.2, 0) is 11.4 Å². The molecule has 0 aliphatic carbocycles. The van der Waals surface area contributed by atoms with Gasteiger partial charge in [0.05, 0.1) is 26.3 Å². The molecule has 0 radical (unpaired) electrons. The maximum absolute atomic E-state index is 13.5. The van der Waals surface area contributed by atoms with Crippen LogP contribution in [0.2, 0.25) is 10.0 Å². The summed E-state index contributed by atoms with van der Waals surface area (Å²) in [4.78, 5) is 14.8. The fourth-order valence-electron chi connectivity index (χ4n) is 3.17. The Morgan fingerprint density at radius 2 is 1.88 bits per heavy atom. The lowest BCUT2D eigenvalue weighted by Crippen LogP contribution is -2.27. The SMILES string of the molecule is COc1cc(C=C2SC(=S)N(c3ccc(F)c(Cl)c3)C2=O)cc(I)c1OCc1ccc(Cl)cc1. The first-order chi connectivity index (χ1) is 16.3. The highest BCUT2D eigenvalue weighted by atomic mass is 127. The van der Waals surface area contributed by atoms with Crippen LogP contribution in [0.25, 0.3) is 6.08 Å². The molecular formula is C24H15Cl2FINO3S2. The number of carbonyl (C=O) groups is 1. The predicted octanol–water partition coefficient (Wildman–Crippen LogP) is 7.73. The van der Waals surface area contributed by atoms with Crippen molar-refractivity contribution in [3.8, 4) is 11.5 Å². The van der Waals surface area contributed by atoms with Crippen molar-refractivity contribution in [2.24, 2.45) is 0 Å². The largest absolute Gasteiger partial charge is 0.493 e. The summed E-state index contributed by atoms with van der Waals surface area (Å²) in [7, 11) is 1.56. The molecule has 1 heterocycles. The fraction of sp³-hybridized carbons (Fsp3) is 0.0833. The Balaban J connectivity index is 1.58. The van der Waals surface area contributed by atoms with Gasteiger partial charge in [-0.3, -0.25) is 9.69 Å². The first kappa shape index (κ1) is 25.2. The van der Waals surface area contributed by atoms with Gasteiger partial charge in [-0.05, 0) is 82.3 Å². The first-order valence-electron chi connectivity index (χ1n) is 9.74. The van der Waals surface area contributed by atoms with Crippen LogP contribution >= 0.6 is 69.8 Å². The lowest BCUT2D eigenvalue weighted by atomic mass is 10.1. The van der Waals surface area contributed by atoms with E-state index in [1.807, 2.05) is 30.3 Å². The van der Waals surface area contributed by atoms with Crippen LogP contribution in [0, 0.1) is 9.39 Å². The monoisotopic (exact) mass is 645 g/mol. The molecule has 0 N–H and O–H groups in total. The molecule has 0 spiro atoms. The number of halogens is 4. The number of rotatable bonds is 6. The molecule has 1 amide bonds. The number of methoxy groups -OCH3 is 1. The van der Waals surface area contributed by atoms with Crippen LogP contribution in [0.3, 0.4) is 0 Å². The van der Waals surface area contributed by atoms with E-state index in [0.717, 1.165) is 26.5 Å². The minimum Gasteiger partial charge on any atom is -0.493 e. The molecule has 0 atom stereocenters. The van der Waals surface area contributed by atoms with Crippen molar-refractivity contribution < 1.29 is 18.7 Å². The van der Waals surface area contributed by atoms with Crippen molar-refractivity contribution in [1.82, 2.24) is 0 Å². The highest BCUT2D eigenvalue weighted by Crippen LogP contribution is 2.39. The van der Waals surface area contributed by atoms with Crippen LogP contribution in [-0.4, -0.2) is 17.3 Å². The van der Waals surface area contributed by atoms with Gasteiger partial charge < -0.3 is 9.47 Å². The Labute approximate surface area is 229 Å². The molecule has 0 unspecified atom stereocenters. The molecule has 3 aromatic rings. The van der Waals surface area contributed by atoms with E-state index >= 15 is 0 Å². The molecule has 1 aliphatic heterocycles. The highest BCUT2D eigenvalue weighted by Gasteiger charge is 2.33. The second kappa shape index (κ2) is 10.8. The summed E-state index contributed by atoms with van der Waals surface area (Å²) in [6, 6.07) is 15.1. The maximum Gasteiger partial charge on any atom is 0.270 e. The van der Waals surface area contributed by atoms with Crippen molar-refractivity contribution in [3.63, 3.8) is 0 Å². The van der Waals surface area contributed by atoms with Gasteiger partial charge in [-0.2, -0.15) is 0 Å². The fourth-order valence-corrected chi connectivity index (χ4v) is 5.55. The van der Waals surface area contributed by atoms with Gasteiger partial charge in [-0.25, -0.2) is 4.39 Å². The van der Waals surface area contributed by atoms with E-state index < -0.39 is 5.82 Å². The van der Waals surface area contributed by atoms with Crippen molar-refractivity contribution >= 4 is 91.8 Å². The lowest BCUT2D eigenvalue weighted by molar-refractivity contribution is -0.113. The average Bonchev–Trinajstić information content (AvgIpc) is 3.08. The lowest BCUT2D eigenvalue weighted by Gasteiger charge is -2.15. The summed E-state index contributed by atoms with van der Waals surface area (Å²) in [5.74, 6) is 0.262. The van der Waals surface area contributed by atoms with E-state index in [4.69, 9.17) is 44.9 Å². The highest BCUT2D eigenvalue weighted by molar-refractivity contribution is 14.1. The third-order valence-electron chi connectivity index (χ3n) is 4.80. The number of thiocarbonyl (C=S) groups is 1. The van der Waals surface area contributed by atoms with Crippen LogP contribution in [0.4, 0.5) is 10.1 Å². The van der Waals surface area contributed by atoms with Gasteiger partial charge in [-0.1, -0.05) is 59.3 Å². The molecule has 34 heavy (non-hydrogen) atoms. The maximum atomic E-state index is 13.5. The van der Waals surface area contributed by atoms with Gasteiger partial charge in [0, 0.05) is 5.02 Å². The minimum atomic E-state index is -0.563. The van der Waals surface area contributed by atoms with Crippen molar-refractivity contribution in [2.45, 2.75) is 6.61 Å². The van der Waals surface area contributed by atoms with Gasteiger partial charge >= 0.3 is 0 Å². The summed E-state index contributed by atoms with van der Waals surface area (Å²) in [6.45, 7) is 0.349. The Bertz CT molecular complexity index is 1320. The second-order valence-electron chi connectivity index (χ2n) is 7.06. The molecule has 0 saturated carbocycles. The Morgan fingerprint density at radius 3 is 2.56 bits per heavy atom. The Kier molecular flexibility index (Phi) is 8.04. The molecule has 0 aromatic heterocycles. The third-order valence-corrected chi connectivity index (χ3v) is 7.45. The van der Waals surface area contributed by atoms with E-state index in [0.29, 0.717) is 38.0 Å². The van der Waals surface area contributed by atoms with E-state index in [9.17, 15) is 9.18 Å². The average molecular weight is 646 g/mol. The van der Waals surface area contributed by atoms with Crippen molar-refractivity contribution in [3.05, 3.63) is 90.1 Å². The Hall–Kier alpha value is -1.85. The predicted molar refractivity (Wildman–Crippen MR) is 149 cm³/mol. The summed E-state index contributed by atoms with van der Waals surface area (Å²) >= 11 is 20.5. The van der Waals surface area contributed by atoms with Crippen LogP contribution in [0.1, 0.15) is 11.1 Å². The molecule has 4 rings (SSSR count). The van der Waals surface area contributed by atoms with Gasteiger partial charge in [-0.15, -0.1) is 0 Å². The quantitative estimate of drug-likeness (QED) is 0.156. The van der Waals surface area contributed by atoms with Gasteiger partial charge in [0.1, 0.15) is 12.4 Å². The van der Waals surface area contributed by atoms with E-state index in [1.54, 1.807) is 19.3 Å². The molecule has 0 bridgehead atoms. The topological polar surface area (TPSA) is 38.8 Å². The minimum absolute atomic E-state index is 0.0796. The number of ether oxygens (including phenoxy) is 2. The van der Waals surface area contributed by atoms with E-state index in [1.165, 1.54) is 23.1 Å². The molecule has 174 valence electrons. The van der Waals surface area contributed by atoms with Crippen LogP contribution in [0.15, 0.2) is 59.5 Å². The normalized spacial score (nSPS) is 14.7. The van der Waals surface area contributed by atoms with Gasteiger partial charge in [0.25, 0.3) is 5.91 Å². The molecule has 10 heteroatoms. The zero-order chi connectivity index (χ0) is 24.4. The van der Waals surface area contributed by atoms with Crippen molar-refractivity contribution in [1.29, 1.82) is 0 Å². The number of anilines is 1. The number of nitrogens with zero attached hydrogens (tertiary/aromatic N) is 1. The number of amides is 1. The van der Waals surface area contributed by atoms with Gasteiger partial charge in [0.2, 0.25) is 0 Å². The number of thioether (sulfide) groups is 1. The zero-order valence-electron chi connectivity index (χ0n) is 17.5. The first-order valence-corrected chi connectivity index (χ1v) is 12.8. The molecular weight excluding hydrogens is 631 g/mol. The van der Waals surface area contributed by atoms with Crippen LogP contribution < -0.4 is 14.4 Å². The molecule has 1 fully saturated rings. The smallest absolute Gasteiger partial charge is 0.270 e. The molecule has 4 nitrogen and oxygen atoms in total. The number of hydrogen-bond acceptors (Lipinski definition) is 5. The number of carbonyl (C=O) groups excluding carboxylic acids is 1. The summed E-state index contributed by atoms with van der Waals surface area (Å²) < 4.78 is 26.2. The second-order valence-corrected chi connectivity index (χ2v) is 10.7. The van der Waals surface area contributed by atoms with E-state index in [-0.39, 0.29) is 10.9 Å². The zero-order valence-corrected chi connectivity index (χ0v) is 22.8. The number of hydrogen-bond donors (Lipinski definition) is 0. The summed E-state index contributed by atoms with van der Waals surface area (Å²) in [6.07, 6.45) is 1.73. The standard InChI is InChI=1S/C24H15Cl2FINO3S2/c1-31-20-9-14(8-19(28)22(20)32-12-13-2-4-15(25)5-3-13)10-21-23(30)29(24(33)34-21)16-6-7-18(27)17(26)11-16/h2-11H,12H2,1H3. The summed E-state index contributed by atoms with van der Waals surface area (Å²) in [5.41, 5.74) is 2.13. The summed E-state index contributed by atoms with van der Waals surface area (Å²) in [5, 5.41) is 0.581.